The summed E-state index contributed by atoms with van der Waals surface area (Å²) >= 11 is 0. The first-order valence-electron chi connectivity index (χ1n) is 6.98. The molecule has 0 aromatic heterocycles. The number of ether oxygens (including phenoxy) is 4. The molecule has 1 aromatic rings. The van der Waals surface area contributed by atoms with Gasteiger partial charge in [0.2, 0.25) is 0 Å². The van der Waals surface area contributed by atoms with E-state index in [-0.39, 0.29) is 24.3 Å². The van der Waals surface area contributed by atoms with Crippen LogP contribution in [0, 0.1) is 0 Å². The third-order valence-electron chi connectivity index (χ3n) is 2.79. The van der Waals surface area contributed by atoms with Crippen molar-refractivity contribution in [1.29, 1.82) is 0 Å². The van der Waals surface area contributed by atoms with Gasteiger partial charge in [0.1, 0.15) is 12.2 Å². The number of methoxy groups -OCH3 is 2. The minimum atomic E-state index is -0.587. The van der Waals surface area contributed by atoms with Crippen molar-refractivity contribution in [3.8, 4) is 0 Å². The van der Waals surface area contributed by atoms with Gasteiger partial charge in [-0.2, -0.15) is 0 Å². The molecule has 0 radical (unpaired) electrons. The molecule has 1 rings (SSSR count). The molecule has 0 bridgehead atoms. The van der Waals surface area contributed by atoms with E-state index in [1.54, 1.807) is 26.0 Å². The van der Waals surface area contributed by atoms with Crippen molar-refractivity contribution < 1.29 is 28.5 Å². The van der Waals surface area contributed by atoms with E-state index in [9.17, 15) is 9.59 Å². The summed E-state index contributed by atoms with van der Waals surface area (Å²) in [5, 5.41) is 0. The Labute approximate surface area is 130 Å². The molecule has 6 nitrogen and oxygen atoms in total. The van der Waals surface area contributed by atoms with Crippen LogP contribution < -0.4 is 0 Å². The SMILES string of the molecule is COCC(C)OC(=O)c1ccccc1C(=O)OC(C)COC. The molecule has 122 valence electrons. The highest BCUT2D eigenvalue weighted by molar-refractivity contribution is 6.03. The molecule has 0 aliphatic rings. The minimum absolute atomic E-state index is 0.167. The number of carbonyl (C=O) groups is 2. The summed E-state index contributed by atoms with van der Waals surface area (Å²) in [6.45, 7) is 3.98. The van der Waals surface area contributed by atoms with Gasteiger partial charge in [-0.1, -0.05) is 12.1 Å². The van der Waals surface area contributed by atoms with Gasteiger partial charge in [-0.05, 0) is 26.0 Å². The van der Waals surface area contributed by atoms with Gasteiger partial charge in [0, 0.05) is 14.2 Å². The Kier molecular flexibility index (Phi) is 7.56. The molecule has 0 aliphatic heterocycles. The molecule has 0 aliphatic carbocycles. The molecule has 0 amide bonds. The maximum atomic E-state index is 12.2. The lowest BCUT2D eigenvalue weighted by Crippen LogP contribution is -2.24. The van der Waals surface area contributed by atoms with Crippen molar-refractivity contribution in [3.05, 3.63) is 35.4 Å². The van der Waals surface area contributed by atoms with Crippen LogP contribution in [0.15, 0.2) is 24.3 Å². The molecule has 0 spiro atoms. The first kappa shape index (κ1) is 18.1. The molecular weight excluding hydrogens is 288 g/mol. The van der Waals surface area contributed by atoms with E-state index < -0.39 is 24.1 Å². The first-order chi connectivity index (χ1) is 10.5. The van der Waals surface area contributed by atoms with Crippen molar-refractivity contribution >= 4 is 11.9 Å². The maximum Gasteiger partial charge on any atom is 0.339 e. The predicted octanol–water partition coefficient (Wildman–Crippen LogP) is 2.07. The lowest BCUT2D eigenvalue weighted by atomic mass is 10.1. The molecule has 1 aromatic carbocycles. The maximum absolute atomic E-state index is 12.2. The lowest BCUT2D eigenvalue weighted by Gasteiger charge is -2.15. The van der Waals surface area contributed by atoms with E-state index >= 15 is 0 Å². The molecule has 0 saturated heterocycles. The smallest absolute Gasteiger partial charge is 0.339 e. The molecule has 22 heavy (non-hydrogen) atoms. The number of hydrogen-bond donors (Lipinski definition) is 0. The summed E-state index contributed by atoms with van der Waals surface area (Å²) in [5.74, 6) is -1.17. The molecule has 0 saturated carbocycles. The van der Waals surface area contributed by atoms with Gasteiger partial charge < -0.3 is 18.9 Å². The van der Waals surface area contributed by atoms with Crippen LogP contribution in [0.2, 0.25) is 0 Å². The number of esters is 2. The van der Waals surface area contributed by atoms with E-state index in [0.29, 0.717) is 0 Å². The largest absolute Gasteiger partial charge is 0.457 e. The Morgan fingerprint density at radius 2 is 1.23 bits per heavy atom. The highest BCUT2D eigenvalue weighted by Gasteiger charge is 2.21. The summed E-state index contributed by atoms with van der Waals surface area (Å²) in [5.41, 5.74) is 0.333. The standard InChI is InChI=1S/C16H22O6/c1-11(9-19-3)21-15(17)13-7-5-6-8-14(13)16(18)22-12(2)10-20-4/h5-8,11-12H,9-10H2,1-4H3. The zero-order chi connectivity index (χ0) is 16.5. The highest BCUT2D eigenvalue weighted by atomic mass is 16.6. The van der Waals surface area contributed by atoms with Gasteiger partial charge >= 0.3 is 11.9 Å². The summed E-state index contributed by atoms with van der Waals surface area (Å²) in [6, 6.07) is 6.37. The fraction of sp³-hybridized carbons (Fsp3) is 0.500. The van der Waals surface area contributed by atoms with Gasteiger partial charge in [-0.3, -0.25) is 0 Å². The van der Waals surface area contributed by atoms with Gasteiger partial charge in [-0.15, -0.1) is 0 Å². The topological polar surface area (TPSA) is 71.1 Å². The predicted molar refractivity (Wildman–Crippen MR) is 79.9 cm³/mol. The molecule has 2 atom stereocenters. The molecule has 0 N–H and O–H groups in total. The van der Waals surface area contributed by atoms with E-state index in [0.717, 1.165) is 0 Å². The van der Waals surface area contributed by atoms with Crippen molar-refractivity contribution in [2.75, 3.05) is 27.4 Å². The zero-order valence-corrected chi connectivity index (χ0v) is 13.3. The summed E-state index contributed by atoms with van der Waals surface area (Å²) in [7, 11) is 3.04. The zero-order valence-electron chi connectivity index (χ0n) is 13.3. The van der Waals surface area contributed by atoms with Crippen LogP contribution in [-0.4, -0.2) is 51.6 Å². The lowest BCUT2D eigenvalue weighted by molar-refractivity contribution is 0.00795. The monoisotopic (exact) mass is 310 g/mol. The van der Waals surface area contributed by atoms with E-state index in [1.165, 1.54) is 26.4 Å². The Morgan fingerprint density at radius 1 is 0.864 bits per heavy atom. The fourth-order valence-electron chi connectivity index (χ4n) is 1.87. The average molecular weight is 310 g/mol. The normalized spacial score (nSPS) is 13.3. The van der Waals surface area contributed by atoms with Crippen molar-refractivity contribution in [2.24, 2.45) is 0 Å². The first-order valence-corrected chi connectivity index (χ1v) is 6.98. The second kappa shape index (κ2) is 9.17. The Hall–Kier alpha value is -1.92. The van der Waals surface area contributed by atoms with E-state index in [1.807, 2.05) is 0 Å². The molecule has 2 unspecified atom stereocenters. The van der Waals surface area contributed by atoms with E-state index in [2.05, 4.69) is 0 Å². The summed E-state index contributed by atoms with van der Waals surface area (Å²) in [6.07, 6.45) is -0.817. The quantitative estimate of drug-likeness (QED) is 0.685. The van der Waals surface area contributed by atoms with Crippen molar-refractivity contribution in [3.63, 3.8) is 0 Å². The summed E-state index contributed by atoms with van der Waals surface area (Å²) < 4.78 is 20.3. The number of carbonyl (C=O) groups excluding carboxylic acids is 2. The van der Waals surface area contributed by atoms with Crippen LogP contribution in [0.3, 0.4) is 0 Å². The van der Waals surface area contributed by atoms with Crippen LogP contribution in [0.25, 0.3) is 0 Å². The van der Waals surface area contributed by atoms with Gasteiger partial charge in [0.05, 0.1) is 24.3 Å². The van der Waals surface area contributed by atoms with Crippen LogP contribution >= 0.6 is 0 Å². The minimum Gasteiger partial charge on any atom is -0.457 e. The average Bonchev–Trinajstić information content (AvgIpc) is 2.47. The Bertz CT molecular complexity index is 454. The molecule has 0 fully saturated rings. The molecule has 6 heteroatoms. The molecular formula is C16H22O6. The fourth-order valence-corrected chi connectivity index (χ4v) is 1.87. The van der Waals surface area contributed by atoms with Crippen molar-refractivity contribution in [2.45, 2.75) is 26.1 Å². The number of hydrogen-bond acceptors (Lipinski definition) is 6. The van der Waals surface area contributed by atoms with Gasteiger partial charge in [0.15, 0.2) is 0 Å². The third-order valence-corrected chi connectivity index (χ3v) is 2.79. The Balaban J connectivity index is 2.84. The van der Waals surface area contributed by atoms with Crippen LogP contribution in [-0.2, 0) is 18.9 Å². The highest BCUT2D eigenvalue weighted by Crippen LogP contribution is 2.14. The van der Waals surface area contributed by atoms with Gasteiger partial charge in [0.25, 0.3) is 0 Å². The number of rotatable bonds is 8. The summed E-state index contributed by atoms with van der Waals surface area (Å²) in [4.78, 5) is 24.3. The van der Waals surface area contributed by atoms with Crippen LogP contribution in [0.1, 0.15) is 34.6 Å². The molecule has 0 heterocycles. The van der Waals surface area contributed by atoms with Crippen LogP contribution in [0.4, 0.5) is 0 Å². The van der Waals surface area contributed by atoms with Crippen LogP contribution in [0.5, 0.6) is 0 Å². The third kappa shape index (κ3) is 5.46. The second-order valence-electron chi connectivity index (χ2n) is 4.89. The van der Waals surface area contributed by atoms with Gasteiger partial charge in [-0.25, -0.2) is 9.59 Å². The van der Waals surface area contributed by atoms with E-state index in [4.69, 9.17) is 18.9 Å². The Morgan fingerprint density at radius 3 is 1.55 bits per heavy atom. The van der Waals surface area contributed by atoms with Crippen molar-refractivity contribution in [1.82, 2.24) is 0 Å². The number of benzene rings is 1. The second-order valence-corrected chi connectivity index (χ2v) is 4.89.